The predicted octanol–water partition coefficient (Wildman–Crippen LogP) is 12.8. The molecule has 0 aliphatic rings. The Kier molecular flexibility index (Phi) is 32.7. The Hall–Kier alpha value is -0.0900. The van der Waals surface area contributed by atoms with E-state index in [0.29, 0.717) is 0 Å². The van der Waals surface area contributed by atoms with Crippen LogP contribution in [0.3, 0.4) is 0 Å². The first-order valence-electron chi connectivity index (χ1n) is 19.0. The van der Waals surface area contributed by atoms with E-state index in [9.17, 15) is 8.42 Å². The van der Waals surface area contributed by atoms with Crippen LogP contribution in [0.4, 0.5) is 0 Å². The second-order valence-corrected chi connectivity index (χ2v) is 15.3. The average Bonchev–Trinajstić information content (AvgIpc) is 2.95. The molecule has 4 heteroatoms. The molecule has 0 aliphatic heterocycles. The summed E-state index contributed by atoms with van der Waals surface area (Å²) in [5.41, 5.74) is 0. The topological polar surface area (TPSA) is 37.4 Å². The Bertz CT molecular complexity index is 556. The van der Waals surface area contributed by atoms with Crippen molar-refractivity contribution in [2.45, 2.75) is 219 Å². The highest BCUT2D eigenvalue weighted by molar-refractivity contribution is 7.88. The quantitative estimate of drug-likeness (QED) is 0.0679. The molecule has 0 aromatic rings. The van der Waals surface area contributed by atoms with Crippen LogP contribution in [0.5, 0.6) is 0 Å². The Labute approximate surface area is 260 Å². The van der Waals surface area contributed by atoms with E-state index in [2.05, 4.69) is 13.8 Å². The van der Waals surface area contributed by atoms with Crippen LogP contribution in [0, 0.1) is 0 Å². The molecule has 248 valence electrons. The number of sulfonamides is 1. The van der Waals surface area contributed by atoms with Crippen molar-refractivity contribution in [1.29, 1.82) is 0 Å². The highest BCUT2D eigenvalue weighted by atomic mass is 32.2. The summed E-state index contributed by atoms with van der Waals surface area (Å²) in [4.78, 5) is 0. The van der Waals surface area contributed by atoms with E-state index in [4.69, 9.17) is 0 Å². The Morgan fingerprint density at radius 1 is 0.317 bits per heavy atom. The van der Waals surface area contributed by atoms with Gasteiger partial charge < -0.3 is 0 Å². The van der Waals surface area contributed by atoms with Gasteiger partial charge in [0, 0.05) is 13.1 Å². The van der Waals surface area contributed by atoms with Crippen LogP contribution in [0.2, 0.25) is 0 Å². The number of hydrogen-bond donors (Lipinski definition) is 0. The molecule has 0 aromatic carbocycles. The van der Waals surface area contributed by atoms with Gasteiger partial charge in [0.05, 0.1) is 6.26 Å². The van der Waals surface area contributed by atoms with E-state index >= 15 is 0 Å². The summed E-state index contributed by atoms with van der Waals surface area (Å²) in [7, 11) is -3.07. The fraction of sp³-hybridized carbons (Fsp3) is 1.00. The van der Waals surface area contributed by atoms with Gasteiger partial charge in [0.15, 0.2) is 0 Å². The van der Waals surface area contributed by atoms with E-state index in [-0.39, 0.29) is 0 Å². The van der Waals surface area contributed by atoms with Gasteiger partial charge in [-0.1, -0.05) is 206 Å². The summed E-state index contributed by atoms with van der Waals surface area (Å²) in [6.07, 6.45) is 44.7. The van der Waals surface area contributed by atoms with Gasteiger partial charge in [0.2, 0.25) is 10.0 Å². The lowest BCUT2D eigenvalue weighted by atomic mass is 10.0. The first-order chi connectivity index (χ1) is 20.0. The molecule has 0 heterocycles. The standard InChI is InChI=1S/C37H77NO2S/c1-4-6-8-10-12-14-16-18-20-22-24-26-28-30-32-34-36-38(41(3,39)40)37-35-33-31-29-27-25-23-21-19-17-15-13-11-9-7-5-2/h4-37H2,1-3H3. The van der Waals surface area contributed by atoms with Gasteiger partial charge >= 0.3 is 0 Å². The monoisotopic (exact) mass is 600 g/mol. The van der Waals surface area contributed by atoms with Gasteiger partial charge in [0.25, 0.3) is 0 Å². The molecule has 3 nitrogen and oxygen atoms in total. The third kappa shape index (κ3) is 32.7. The van der Waals surface area contributed by atoms with Gasteiger partial charge in [-0.3, -0.25) is 0 Å². The molecule has 0 rings (SSSR count). The summed E-state index contributed by atoms with van der Waals surface area (Å²) in [5.74, 6) is 0. The van der Waals surface area contributed by atoms with Crippen LogP contribution in [0.1, 0.15) is 219 Å². The molecular weight excluding hydrogens is 522 g/mol. The summed E-state index contributed by atoms with van der Waals surface area (Å²) in [6, 6.07) is 0. The van der Waals surface area contributed by atoms with Crippen LogP contribution in [-0.4, -0.2) is 32.1 Å². The molecular formula is C37H77NO2S. The lowest BCUT2D eigenvalue weighted by molar-refractivity contribution is 0.386. The third-order valence-corrected chi connectivity index (χ3v) is 10.3. The normalized spacial score (nSPS) is 12.1. The lowest BCUT2D eigenvalue weighted by Gasteiger charge is -2.19. The fourth-order valence-electron chi connectivity index (χ4n) is 6.12. The highest BCUT2D eigenvalue weighted by Crippen LogP contribution is 2.16. The predicted molar refractivity (Wildman–Crippen MR) is 186 cm³/mol. The van der Waals surface area contributed by atoms with E-state index < -0.39 is 10.0 Å². The molecule has 0 unspecified atom stereocenters. The van der Waals surface area contributed by atoms with Crippen molar-refractivity contribution < 1.29 is 8.42 Å². The summed E-state index contributed by atoms with van der Waals surface area (Å²) in [6.45, 7) is 6.01. The molecule has 0 N–H and O–H groups in total. The molecule has 0 fully saturated rings. The summed E-state index contributed by atoms with van der Waals surface area (Å²) < 4.78 is 26.2. The number of unbranched alkanes of at least 4 members (excludes halogenated alkanes) is 30. The minimum Gasteiger partial charge on any atom is -0.213 e. The molecule has 0 aromatic heterocycles. The summed E-state index contributed by atoms with van der Waals surface area (Å²) >= 11 is 0. The fourth-order valence-corrected chi connectivity index (χ4v) is 7.04. The number of hydrogen-bond acceptors (Lipinski definition) is 2. The van der Waals surface area contributed by atoms with Crippen molar-refractivity contribution in [3.63, 3.8) is 0 Å². The van der Waals surface area contributed by atoms with Crippen molar-refractivity contribution in [3.8, 4) is 0 Å². The van der Waals surface area contributed by atoms with Crippen LogP contribution in [0.15, 0.2) is 0 Å². The molecule has 0 aliphatic carbocycles. The van der Waals surface area contributed by atoms with Crippen molar-refractivity contribution in [2.75, 3.05) is 19.3 Å². The van der Waals surface area contributed by atoms with Crippen LogP contribution in [0.25, 0.3) is 0 Å². The van der Waals surface area contributed by atoms with E-state index in [1.165, 1.54) is 199 Å². The second-order valence-electron chi connectivity index (χ2n) is 13.3. The Balaban J connectivity index is 3.50. The van der Waals surface area contributed by atoms with Crippen LogP contribution < -0.4 is 0 Å². The molecule has 0 amide bonds. The lowest BCUT2D eigenvalue weighted by Crippen LogP contribution is -2.32. The molecule has 0 saturated carbocycles. The van der Waals surface area contributed by atoms with Crippen LogP contribution in [-0.2, 0) is 10.0 Å². The zero-order chi connectivity index (χ0) is 30.1. The summed E-state index contributed by atoms with van der Waals surface area (Å²) in [5, 5.41) is 0. The minimum absolute atomic E-state index is 0.718. The van der Waals surface area contributed by atoms with Crippen molar-refractivity contribution >= 4 is 10.0 Å². The third-order valence-electron chi connectivity index (χ3n) is 8.99. The maximum atomic E-state index is 12.2. The van der Waals surface area contributed by atoms with Crippen molar-refractivity contribution in [2.24, 2.45) is 0 Å². The maximum absolute atomic E-state index is 12.2. The molecule has 41 heavy (non-hydrogen) atoms. The Morgan fingerprint density at radius 3 is 0.659 bits per heavy atom. The van der Waals surface area contributed by atoms with Gasteiger partial charge in [-0.25, -0.2) is 12.7 Å². The van der Waals surface area contributed by atoms with E-state index in [0.717, 1.165) is 25.9 Å². The minimum atomic E-state index is -3.07. The smallest absolute Gasteiger partial charge is 0.211 e. The van der Waals surface area contributed by atoms with Gasteiger partial charge in [-0.2, -0.15) is 0 Å². The first kappa shape index (κ1) is 40.9. The zero-order valence-electron chi connectivity index (χ0n) is 28.7. The average molecular weight is 600 g/mol. The number of rotatable bonds is 35. The van der Waals surface area contributed by atoms with E-state index in [1.54, 1.807) is 4.31 Å². The highest BCUT2D eigenvalue weighted by Gasteiger charge is 2.15. The molecule has 0 spiro atoms. The van der Waals surface area contributed by atoms with Gasteiger partial charge in [0.1, 0.15) is 0 Å². The molecule has 0 saturated heterocycles. The Morgan fingerprint density at radius 2 is 0.488 bits per heavy atom. The molecule has 0 bridgehead atoms. The van der Waals surface area contributed by atoms with Gasteiger partial charge in [-0.05, 0) is 12.8 Å². The van der Waals surface area contributed by atoms with Gasteiger partial charge in [-0.15, -0.1) is 0 Å². The number of nitrogens with zero attached hydrogens (tertiary/aromatic N) is 1. The second kappa shape index (κ2) is 32.8. The van der Waals surface area contributed by atoms with Crippen molar-refractivity contribution in [1.82, 2.24) is 4.31 Å². The first-order valence-corrected chi connectivity index (χ1v) is 20.8. The largest absolute Gasteiger partial charge is 0.213 e. The van der Waals surface area contributed by atoms with Crippen molar-refractivity contribution in [3.05, 3.63) is 0 Å². The maximum Gasteiger partial charge on any atom is 0.211 e. The zero-order valence-corrected chi connectivity index (χ0v) is 29.5. The van der Waals surface area contributed by atoms with E-state index in [1.807, 2.05) is 0 Å². The SMILES string of the molecule is CCCCCCCCCCCCCCCCCCN(CCCCCCCCCCCCCCCCCC)S(C)(=O)=O. The molecule has 0 radical (unpaired) electrons. The van der Waals surface area contributed by atoms with Crippen LogP contribution >= 0.6 is 0 Å². The molecule has 0 atom stereocenters.